The molecule has 0 saturated heterocycles. The molecule has 0 bridgehead atoms. The van der Waals surface area contributed by atoms with Gasteiger partial charge in [-0.15, -0.1) is 0 Å². The Labute approximate surface area is 284 Å². The van der Waals surface area contributed by atoms with E-state index in [9.17, 15) is 0 Å². The topological polar surface area (TPSA) is 60.3 Å². The molecule has 5 aromatic carbocycles. The second-order valence-corrected chi connectivity index (χ2v) is 12.2. The van der Waals surface area contributed by atoms with Crippen LogP contribution in [0.3, 0.4) is 0 Å². The molecule has 7 aromatic rings. The fraction of sp³-hybridized carbons (Fsp3) is 0.0455. The van der Waals surface area contributed by atoms with E-state index in [0.717, 1.165) is 61.2 Å². The molecule has 0 N–H and O–H groups in total. The van der Waals surface area contributed by atoms with Gasteiger partial charge in [0, 0.05) is 33.8 Å². The zero-order valence-electron chi connectivity index (χ0n) is 26.5. The van der Waals surface area contributed by atoms with Crippen molar-refractivity contribution < 1.29 is 4.74 Å². The van der Waals surface area contributed by atoms with Gasteiger partial charge in [0.15, 0.2) is 5.82 Å². The lowest BCUT2D eigenvalue weighted by Crippen LogP contribution is -2.19. The molecule has 5 nitrogen and oxygen atoms in total. The monoisotopic (exact) mass is 630 g/mol. The number of hydrogen-bond acceptors (Lipinski definition) is 5. The first kappa shape index (κ1) is 28.7. The van der Waals surface area contributed by atoms with Gasteiger partial charge in [-0.2, -0.15) is 0 Å². The van der Waals surface area contributed by atoms with Gasteiger partial charge in [0.1, 0.15) is 12.1 Å². The molecule has 5 heteroatoms. The maximum absolute atomic E-state index is 6.14. The van der Waals surface area contributed by atoms with E-state index >= 15 is 0 Å². The Hall–Kier alpha value is -6.46. The predicted molar refractivity (Wildman–Crippen MR) is 198 cm³/mol. The number of pyridine rings is 1. The number of aliphatic imine (C=N–C) groups is 1. The minimum atomic E-state index is -0.0374. The fourth-order valence-electron chi connectivity index (χ4n) is 6.42. The highest BCUT2D eigenvalue weighted by molar-refractivity contribution is 5.96. The first-order chi connectivity index (χ1) is 24.2. The summed E-state index contributed by atoms with van der Waals surface area (Å²) in [5, 5.41) is 1.12. The van der Waals surface area contributed by atoms with Gasteiger partial charge < -0.3 is 4.74 Å². The molecule has 2 aliphatic rings. The number of allylic oxidation sites excluding steroid dienone is 2. The lowest BCUT2D eigenvalue weighted by molar-refractivity contribution is 0.255. The van der Waals surface area contributed by atoms with Gasteiger partial charge in [-0.25, -0.2) is 15.0 Å². The van der Waals surface area contributed by atoms with Crippen LogP contribution in [0.4, 0.5) is 0 Å². The SMILES string of the molecule is C1=CC2N=C(c3ccc(-c4cc(-c5ccc(-c6ccc7ncccc7c6)cc5)nc(-c5ccc(-c6ccccc6)cc5)n4)cc3)OC2C=C1. The Morgan fingerprint density at radius 1 is 0.469 bits per heavy atom. The van der Waals surface area contributed by atoms with Gasteiger partial charge in [-0.1, -0.05) is 121 Å². The zero-order chi connectivity index (χ0) is 32.6. The molecule has 3 heterocycles. The summed E-state index contributed by atoms with van der Waals surface area (Å²) in [5.41, 5.74) is 11.2. The first-order valence-corrected chi connectivity index (χ1v) is 16.4. The lowest BCUT2D eigenvalue weighted by atomic mass is 10.00. The maximum atomic E-state index is 6.14. The van der Waals surface area contributed by atoms with Crippen LogP contribution in [0.1, 0.15) is 5.56 Å². The highest BCUT2D eigenvalue weighted by Gasteiger charge is 2.28. The Bertz CT molecular complexity index is 2390. The van der Waals surface area contributed by atoms with E-state index in [4.69, 9.17) is 19.7 Å². The van der Waals surface area contributed by atoms with Crippen LogP contribution in [0.5, 0.6) is 0 Å². The summed E-state index contributed by atoms with van der Waals surface area (Å²) >= 11 is 0. The molecule has 2 atom stereocenters. The van der Waals surface area contributed by atoms with Crippen molar-refractivity contribution in [2.24, 2.45) is 4.99 Å². The quantitative estimate of drug-likeness (QED) is 0.184. The van der Waals surface area contributed by atoms with Crippen LogP contribution >= 0.6 is 0 Å². The van der Waals surface area contributed by atoms with Gasteiger partial charge in [-0.05, 0) is 64.7 Å². The number of fused-ring (bicyclic) bond motifs is 2. The number of rotatable bonds is 6. The van der Waals surface area contributed by atoms with Crippen LogP contribution in [0.25, 0.3) is 67.1 Å². The summed E-state index contributed by atoms with van der Waals surface area (Å²) in [4.78, 5) is 19.4. The van der Waals surface area contributed by atoms with Crippen molar-refractivity contribution >= 4 is 16.8 Å². The number of hydrogen-bond donors (Lipinski definition) is 0. The van der Waals surface area contributed by atoms with E-state index in [-0.39, 0.29) is 12.1 Å². The number of ether oxygens (including phenoxy) is 1. The normalized spacial score (nSPS) is 16.3. The Balaban J connectivity index is 1.07. The zero-order valence-corrected chi connectivity index (χ0v) is 26.5. The van der Waals surface area contributed by atoms with Gasteiger partial charge in [0.05, 0.1) is 16.9 Å². The van der Waals surface area contributed by atoms with Crippen molar-refractivity contribution in [1.82, 2.24) is 15.0 Å². The second-order valence-electron chi connectivity index (χ2n) is 12.2. The van der Waals surface area contributed by atoms with Crippen LogP contribution in [0, 0.1) is 0 Å². The van der Waals surface area contributed by atoms with Gasteiger partial charge in [0.25, 0.3) is 0 Å². The highest BCUT2D eigenvalue weighted by Crippen LogP contribution is 2.32. The van der Waals surface area contributed by atoms with E-state index in [1.54, 1.807) is 0 Å². The molecule has 2 aromatic heterocycles. The highest BCUT2D eigenvalue weighted by atomic mass is 16.5. The van der Waals surface area contributed by atoms with Crippen molar-refractivity contribution in [3.05, 3.63) is 176 Å². The van der Waals surface area contributed by atoms with Gasteiger partial charge >= 0.3 is 0 Å². The summed E-state index contributed by atoms with van der Waals surface area (Å²) in [7, 11) is 0. The van der Waals surface area contributed by atoms with Crippen molar-refractivity contribution in [2.45, 2.75) is 12.1 Å². The maximum Gasteiger partial charge on any atom is 0.217 e. The van der Waals surface area contributed by atoms with Crippen LogP contribution in [0.15, 0.2) is 175 Å². The molecule has 0 spiro atoms. The Kier molecular flexibility index (Phi) is 7.21. The largest absolute Gasteiger partial charge is 0.467 e. The van der Waals surface area contributed by atoms with Crippen LogP contribution in [-0.4, -0.2) is 33.0 Å². The van der Waals surface area contributed by atoms with E-state index in [2.05, 4.69) is 145 Å². The van der Waals surface area contributed by atoms with Gasteiger partial charge in [-0.3, -0.25) is 4.98 Å². The molecule has 2 unspecified atom stereocenters. The fourth-order valence-corrected chi connectivity index (χ4v) is 6.42. The third-order valence-electron chi connectivity index (χ3n) is 9.09. The average molecular weight is 631 g/mol. The third kappa shape index (κ3) is 5.72. The minimum absolute atomic E-state index is 0.0320. The number of nitrogens with zero attached hydrogens (tertiary/aromatic N) is 4. The second kappa shape index (κ2) is 12.3. The molecule has 0 fully saturated rings. The Morgan fingerprint density at radius 3 is 1.78 bits per heavy atom. The number of aromatic nitrogens is 3. The molecule has 0 amide bonds. The smallest absolute Gasteiger partial charge is 0.217 e. The summed E-state index contributed by atoms with van der Waals surface area (Å²) in [6, 6.07) is 48.3. The van der Waals surface area contributed by atoms with E-state index < -0.39 is 0 Å². The minimum Gasteiger partial charge on any atom is -0.467 e. The van der Waals surface area contributed by atoms with Crippen LogP contribution < -0.4 is 0 Å². The van der Waals surface area contributed by atoms with E-state index in [0.29, 0.717) is 11.7 Å². The van der Waals surface area contributed by atoms with Crippen molar-refractivity contribution in [3.63, 3.8) is 0 Å². The molecular weight excluding hydrogens is 601 g/mol. The van der Waals surface area contributed by atoms with Crippen molar-refractivity contribution in [3.8, 4) is 56.2 Å². The third-order valence-corrected chi connectivity index (χ3v) is 9.09. The van der Waals surface area contributed by atoms with E-state index in [1.807, 2.05) is 30.5 Å². The summed E-state index contributed by atoms with van der Waals surface area (Å²) in [5.74, 6) is 1.34. The predicted octanol–water partition coefficient (Wildman–Crippen LogP) is 10.00. The van der Waals surface area contributed by atoms with Gasteiger partial charge in [0.2, 0.25) is 5.90 Å². The van der Waals surface area contributed by atoms with Crippen LogP contribution in [-0.2, 0) is 4.74 Å². The summed E-state index contributed by atoms with van der Waals surface area (Å²) in [6.07, 6.45) is 9.95. The molecule has 1 aliphatic carbocycles. The molecule has 232 valence electrons. The average Bonchev–Trinajstić information content (AvgIpc) is 3.63. The van der Waals surface area contributed by atoms with Crippen LogP contribution in [0.2, 0.25) is 0 Å². The molecule has 0 saturated carbocycles. The standard InChI is InChI=1S/C44H30N4O/c1-2-7-29(8-3-1)30-14-20-34(21-15-30)43-46-40(32-16-12-31(13-17-32)36-24-25-38-37(27-36)9-6-26-45-38)28-41(47-43)33-18-22-35(23-19-33)44-48-39-10-4-5-11-42(39)49-44/h1-28,39,42H. The molecule has 49 heavy (non-hydrogen) atoms. The number of benzene rings is 5. The van der Waals surface area contributed by atoms with E-state index in [1.165, 1.54) is 5.56 Å². The lowest BCUT2D eigenvalue weighted by Gasteiger charge is -2.13. The first-order valence-electron chi connectivity index (χ1n) is 16.4. The Morgan fingerprint density at radius 2 is 1.06 bits per heavy atom. The molecule has 9 rings (SSSR count). The molecule has 0 radical (unpaired) electrons. The van der Waals surface area contributed by atoms with Crippen molar-refractivity contribution in [2.75, 3.05) is 0 Å². The molecular formula is C44H30N4O. The summed E-state index contributed by atoms with van der Waals surface area (Å²) < 4.78 is 6.14. The summed E-state index contributed by atoms with van der Waals surface area (Å²) in [6.45, 7) is 0. The van der Waals surface area contributed by atoms with Crippen molar-refractivity contribution in [1.29, 1.82) is 0 Å². The molecule has 1 aliphatic heterocycles.